The van der Waals surface area contributed by atoms with Gasteiger partial charge in [0.2, 0.25) is 0 Å². The Morgan fingerprint density at radius 2 is 1.76 bits per heavy atom. The summed E-state index contributed by atoms with van der Waals surface area (Å²) in [4.78, 5) is 10.9. The lowest BCUT2D eigenvalue weighted by atomic mass is 10.1. The second kappa shape index (κ2) is 4.93. The largest absolute Gasteiger partial charge is 0.350 e. The van der Waals surface area contributed by atoms with Crippen LogP contribution in [-0.4, -0.2) is 4.57 Å². The predicted octanol–water partition coefficient (Wildman–Crippen LogP) is 1.49. The summed E-state index contributed by atoms with van der Waals surface area (Å²) in [7, 11) is 0. The van der Waals surface area contributed by atoms with E-state index >= 15 is 0 Å². The van der Waals surface area contributed by atoms with E-state index in [1.54, 1.807) is 12.4 Å². The maximum Gasteiger partial charge on any atom is 0.181 e. The molecule has 0 amide bonds. The molecule has 2 aromatic rings. The standard InChI is InChI=1S/C13H13FN2O/c14-12-6-10(8-15)5-11(7-12)9-16-3-1-13(17)2-4-16/h1-7H,8-9,15H2. The molecule has 2 rings (SSSR count). The highest BCUT2D eigenvalue weighted by Gasteiger charge is 2.00. The summed E-state index contributed by atoms with van der Waals surface area (Å²) in [5.74, 6) is -0.288. The van der Waals surface area contributed by atoms with Gasteiger partial charge in [-0.3, -0.25) is 4.79 Å². The lowest BCUT2D eigenvalue weighted by Crippen LogP contribution is -2.06. The highest BCUT2D eigenvalue weighted by Crippen LogP contribution is 2.10. The van der Waals surface area contributed by atoms with Crippen molar-refractivity contribution in [3.63, 3.8) is 0 Å². The molecule has 1 aromatic heterocycles. The zero-order valence-corrected chi connectivity index (χ0v) is 9.27. The first-order valence-corrected chi connectivity index (χ1v) is 5.32. The molecule has 0 aliphatic rings. The van der Waals surface area contributed by atoms with Crippen molar-refractivity contribution in [1.82, 2.24) is 4.57 Å². The zero-order valence-electron chi connectivity index (χ0n) is 9.27. The molecule has 0 radical (unpaired) electrons. The molecule has 1 aromatic carbocycles. The summed E-state index contributed by atoms with van der Waals surface area (Å²) in [6, 6.07) is 7.71. The SMILES string of the molecule is NCc1cc(F)cc(Cn2ccc(=O)cc2)c1. The number of rotatable bonds is 3. The number of hydrogen-bond donors (Lipinski definition) is 1. The van der Waals surface area contributed by atoms with Crippen molar-refractivity contribution in [2.75, 3.05) is 0 Å². The number of nitrogens with zero attached hydrogens (tertiary/aromatic N) is 1. The lowest BCUT2D eigenvalue weighted by Gasteiger charge is -2.07. The van der Waals surface area contributed by atoms with Crippen LogP contribution in [-0.2, 0) is 13.1 Å². The molecule has 0 aliphatic carbocycles. The topological polar surface area (TPSA) is 48.0 Å². The molecule has 0 saturated heterocycles. The third kappa shape index (κ3) is 3.01. The van der Waals surface area contributed by atoms with Gasteiger partial charge in [0, 0.05) is 37.6 Å². The van der Waals surface area contributed by atoms with Gasteiger partial charge in [-0.1, -0.05) is 6.07 Å². The number of benzene rings is 1. The van der Waals surface area contributed by atoms with E-state index in [1.165, 1.54) is 24.3 Å². The van der Waals surface area contributed by atoms with E-state index in [4.69, 9.17) is 5.73 Å². The van der Waals surface area contributed by atoms with Crippen molar-refractivity contribution in [3.05, 3.63) is 69.9 Å². The summed E-state index contributed by atoms with van der Waals surface area (Å²) in [6.45, 7) is 0.833. The summed E-state index contributed by atoms with van der Waals surface area (Å²) in [5, 5.41) is 0. The van der Waals surface area contributed by atoms with Crippen molar-refractivity contribution in [1.29, 1.82) is 0 Å². The maximum atomic E-state index is 13.3. The minimum Gasteiger partial charge on any atom is -0.350 e. The Labute approximate surface area is 98.3 Å². The third-order valence-electron chi connectivity index (χ3n) is 2.48. The van der Waals surface area contributed by atoms with Gasteiger partial charge < -0.3 is 10.3 Å². The molecule has 0 bridgehead atoms. The molecule has 0 aliphatic heterocycles. The summed E-state index contributed by atoms with van der Waals surface area (Å²) >= 11 is 0. The predicted molar refractivity (Wildman–Crippen MR) is 64.1 cm³/mol. The molecule has 1 heterocycles. The van der Waals surface area contributed by atoms with Gasteiger partial charge in [0.25, 0.3) is 0 Å². The quantitative estimate of drug-likeness (QED) is 0.871. The summed E-state index contributed by atoms with van der Waals surface area (Å²) in [6.07, 6.45) is 3.35. The molecule has 0 unspecified atom stereocenters. The minimum absolute atomic E-state index is 0.0388. The van der Waals surface area contributed by atoms with Crippen LogP contribution in [0.3, 0.4) is 0 Å². The number of aromatic nitrogens is 1. The van der Waals surface area contributed by atoms with Gasteiger partial charge in [0.05, 0.1) is 0 Å². The zero-order chi connectivity index (χ0) is 12.3. The van der Waals surface area contributed by atoms with Crippen molar-refractivity contribution in [3.8, 4) is 0 Å². The van der Waals surface area contributed by atoms with Crippen molar-refractivity contribution >= 4 is 0 Å². The van der Waals surface area contributed by atoms with Crippen LogP contribution >= 0.6 is 0 Å². The first-order valence-electron chi connectivity index (χ1n) is 5.32. The van der Waals surface area contributed by atoms with Crippen LogP contribution in [0.5, 0.6) is 0 Å². The van der Waals surface area contributed by atoms with Crippen LogP contribution < -0.4 is 11.2 Å². The Morgan fingerprint density at radius 3 is 2.41 bits per heavy atom. The molecule has 0 atom stereocenters. The monoisotopic (exact) mass is 232 g/mol. The molecule has 0 fully saturated rings. The van der Waals surface area contributed by atoms with Gasteiger partial charge >= 0.3 is 0 Å². The van der Waals surface area contributed by atoms with Gasteiger partial charge in [-0.05, 0) is 23.3 Å². The Morgan fingerprint density at radius 1 is 1.12 bits per heavy atom. The van der Waals surface area contributed by atoms with Gasteiger partial charge in [-0.15, -0.1) is 0 Å². The first-order chi connectivity index (χ1) is 8.17. The average Bonchev–Trinajstić information content (AvgIpc) is 2.31. The van der Waals surface area contributed by atoms with Gasteiger partial charge in [-0.2, -0.15) is 0 Å². The van der Waals surface area contributed by atoms with Gasteiger partial charge in [-0.25, -0.2) is 4.39 Å². The number of halogens is 1. The fourth-order valence-corrected chi connectivity index (χ4v) is 1.69. The van der Waals surface area contributed by atoms with Crippen molar-refractivity contribution in [2.45, 2.75) is 13.1 Å². The Bertz CT molecular complexity index is 557. The average molecular weight is 232 g/mol. The van der Waals surface area contributed by atoms with E-state index in [0.717, 1.165) is 11.1 Å². The maximum absolute atomic E-state index is 13.3. The normalized spacial score (nSPS) is 10.5. The number of nitrogens with two attached hydrogens (primary N) is 1. The molecule has 88 valence electrons. The highest BCUT2D eigenvalue weighted by atomic mass is 19.1. The van der Waals surface area contributed by atoms with Crippen LogP contribution in [0.15, 0.2) is 47.5 Å². The van der Waals surface area contributed by atoms with Crippen LogP contribution in [0.25, 0.3) is 0 Å². The van der Waals surface area contributed by atoms with E-state index in [1.807, 2.05) is 10.6 Å². The number of pyridine rings is 1. The smallest absolute Gasteiger partial charge is 0.181 e. The Kier molecular flexibility index (Phi) is 3.35. The van der Waals surface area contributed by atoms with E-state index in [2.05, 4.69) is 0 Å². The van der Waals surface area contributed by atoms with Crippen molar-refractivity contribution < 1.29 is 4.39 Å². The Hall–Kier alpha value is -1.94. The lowest BCUT2D eigenvalue weighted by molar-refractivity contribution is 0.620. The highest BCUT2D eigenvalue weighted by molar-refractivity contribution is 5.25. The van der Waals surface area contributed by atoms with E-state index in [0.29, 0.717) is 13.1 Å². The second-order valence-electron chi connectivity index (χ2n) is 3.88. The molecule has 3 nitrogen and oxygen atoms in total. The Balaban J connectivity index is 2.26. The fraction of sp³-hybridized carbons (Fsp3) is 0.154. The molecular weight excluding hydrogens is 219 g/mol. The van der Waals surface area contributed by atoms with Gasteiger partial charge in [0.15, 0.2) is 5.43 Å². The summed E-state index contributed by atoms with van der Waals surface area (Å²) < 4.78 is 15.1. The molecule has 17 heavy (non-hydrogen) atoms. The van der Waals surface area contributed by atoms with Crippen LogP contribution in [0.1, 0.15) is 11.1 Å². The molecule has 2 N–H and O–H groups in total. The van der Waals surface area contributed by atoms with E-state index in [-0.39, 0.29) is 11.2 Å². The van der Waals surface area contributed by atoms with Gasteiger partial charge in [0.1, 0.15) is 5.82 Å². The molecule has 4 heteroatoms. The molecular formula is C13H13FN2O. The number of hydrogen-bond acceptors (Lipinski definition) is 2. The summed E-state index contributed by atoms with van der Waals surface area (Å²) in [5.41, 5.74) is 7.04. The first kappa shape index (κ1) is 11.5. The van der Waals surface area contributed by atoms with Crippen LogP contribution in [0, 0.1) is 5.82 Å². The van der Waals surface area contributed by atoms with Crippen molar-refractivity contribution in [2.24, 2.45) is 5.73 Å². The van der Waals surface area contributed by atoms with Crippen LogP contribution in [0.4, 0.5) is 4.39 Å². The van der Waals surface area contributed by atoms with E-state index < -0.39 is 0 Å². The third-order valence-corrected chi connectivity index (χ3v) is 2.48. The molecule has 0 saturated carbocycles. The fourth-order valence-electron chi connectivity index (χ4n) is 1.69. The second-order valence-corrected chi connectivity index (χ2v) is 3.88. The van der Waals surface area contributed by atoms with Crippen LogP contribution in [0.2, 0.25) is 0 Å². The van der Waals surface area contributed by atoms with E-state index in [9.17, 15) is 9.18 Å². The minimum atomic E-state index is -0.288. The molecule has 0 spiro atoms.